The molecule has 0 aliphatic heterocycles. The molecule has 1 aromatic heterocycles. The van der Waals surface area contributed by atoms with E-state index in [2.05, 4.69) is 4.98 Å². The number of carboxylic acids is 1. The van der Waals surface area contributed by atoms with Gasteiger partial charge in [0.15, 0.2) is 0 Å². The van der Waals surface area contributed by atoms with Crippen LogP contribution < -0.4 is 0 Å². The van der Waals surface area contributed by atoms with E-state index in [1.807, 2.05) is 18.4 Å². The molecule has 0 bridgehead atoms. The van der Waals surface area contributed by atoms with Crippen molar-refractivity contribution in [1.29, 1.82) is 0 Å². The van der Waals surface area contributed by atoms with Crippen molar-refractivity contribution in [2.24, 2.45) is 0 Å². The van der Waals surface area contributed by atoms with Crippen molar-refractivity contribution in [1.82, 2.24) is 9.55 Å². The standard InChI is InChI=1S/C14H18N2O3S/c1-4-13-15-11-7-10(14(17)18)5-6-12(11)16(13)8-9(2)20(3)19/h5-7,9H,4,8H2,1-3H3,(H,17,18). The van der Waals surface area contributed by atoms with Gasteiger partial charge in [0.25, 0.3) is 0 Å². The lowest BCUT2D eigenvalue weighted by atomic mass is 10.2. The molecular weight excluding hydrogens is 276 g/mol. The van der Waals surface area contributed by atoms with Crippen LogP contribution in [0.1, 0.15) is 30.0 Å². The Morgan fingerprint density at radius 1 is 1.50 bits per heavy atom. The molecule has 0 saturated heterocycles. The molecule has 2 unspecified atom stereocenters. The number of aromatic nitrogens is 2. The number of rotatable bonds is 5. The number of aromatic carboxylic acids is 1. The van der Waals surface area contributed by atoms with E-state index in [9.17, 15) is 9.00 Å². The van der Waals surface area contributed by atoms with Crippen LogP contribution >= 0.6 is 0 Å². The summed E-state index contributed by atoms with van der Waals surface area (Å²) in [5.74, 6) is -0.0673. The molecule has 0 saturated carbocycles. The van der Waals surface area contributed by atoms with Crippen LogP contribution in [-0.2, 0) is 23.8 Å². The average Bonchev–Trinajstić information content (AvgIpc) is 2.75. The van der Waals surface area contributed by atoms with E-state index >= 15 is 0 Å². The predicted molar refractivity (Wildman–Crippen MR) is 79.6 cm³/mol. The lowest BCUT2D eigenvalue weighted by molar-refractivity contribution is 0.0697. The molecule has 2 rings (SSSR count). The quantitative estimate of drug-likeness (QED) is 0.916. The third-order valence-electron chi connectivity index (χ3n) is 3.40. The number of hydrogen-bond donors (Lipinski definition) is 1. The smallest absolute Gasteiger partial charge is 0.335 e. The van der Waals surface area contributed by atoms with Crippen LogP contribution in [-0.4, -0.2) is 36.3 Å². The SMILES string of the molecule is CCc1nc2cc(C(=O)O)ccc2n1CC(C)S(C)=O. The molecule has 1 aromatic carbocycles. The first kappa shape index (κ1) is 14.7. The van der Waals surface area contributed by atoms with Crippen LogP contribution in [0, 0.1) is 0 Å². The first-order chi connectivity index (χ1) is 9.43. The number of carboxylic acid groups (broad SMARTS) is 1. The molecule has 0 radical (unpaired) electrons. The van der Waals surface area contributed by atoms with Gasteiger partial charge in [0.2, 0.25) is 0 Å². The number of imidazole rings is 1. The van der Waals surface area contributed by atoms with E-state index < -0.39 is 16.8 Å². The normalized spacial score (nSPS) is 14.3. The van der Waals surface area contributed by atoms with Gasteiger partial charge in [-0.25, -0.2) is 9.78 Å². The van der Waals surface area contributed by atoms with E-state index in [1.165, 1.54) is 0 Å². The topological polar surface area (TPSA) is 72.2 Å². The summed E-state index contributed by atoms with van der Waals surface area (Å²) in [5.41, 5.74) is 1.80. The molecule has 20 heavy (non-hydrogen) atoms. The van der Waals surface area contributed by atoms with Crippen LogP contribution in [0.3, 0.4) is 0 Å². The van der Waals surface area contributed by atoms with Gasteiger partial charge in [-0.05, 0) is 25.1 Å². The van der Waals surface area contributed by atoms with Crippen LogP contribution in [0.15, 0.2) is 18.2 Å². The number of fused-ring (bicyclic) bond motifs is 1. The number of aryl methyl sites for hydroxylation is 1. The monoisotopic (exact) mass is 294 g/mol. The molecule has 0 spiro atoms. The van der Waals surface area contributed by atoms with Gasteiger partial charge in [-0.15, -0.1) is 0 Å². The molecule has 0 fully saturated rings. The van der Waals surface area contributed by atoms with Gasteiger partial charge in [-0.1, -0.05) is 6.92 Å². The predicted octanol–water partition coefficient (Wildman–Crippen LogP) is 2.06. The van der Waals surface area contributed by atoms with Gasteiger partial charge >= 0.3 is 5.97 Å². The summed E-state index contributed by atoms with van der Waals surface area (Å²) in [6, 6.07) is 4.94. The maximum atomic E-state index is 11.5. The second-order valence-corrected chi connectivity index (χ2v) is 6.61. The first-order valence-corrected chi connectivity index (χ1v) is 8.10. The Kier molecular flexibility index (Phi) is 4.23. The largest absolute Gasteiger partial charge is 0.478 e. The van der Waals surface area contributed by atoms with Crippen molar-refractivity contribution in [2.75, 3.05) is 6.26 Å². The Morgan fingerprint density at radius 3 is 2.75 bits per heavy atom. The van der Waals surface area contributed by atoms with Crippen molar-refractivity contribution in [3.63, 3.8) is 0 Å². The van der Waals surface area contributed by atoms with Crippen molar-refractivity contribution in [2.45, 2.75) is 32.1 Å². The number of nitrogens with zero attached hydrogens (tertiary/aromatic N) is 2. The van der Waals surface area contributed by atoms with Crippen LogP contribution in [0.2, 0.25) is 0 Å². The lowest BCUT2D eigenvalue weighted by Gasteiger charge is -2.12. The van der Waals surface area contributed by atoms with E-state index in [0.717, 1.165) is 17.8 Å². The van der Waals surface area contributed by atoms with Crippen molar-refractivity contribution in [3.05, 3.63) is 29.6 Å². The molecule has 108 valence electrons. The summed E-state index contributed by atoms with van der Waals surface area (Å²) in [6.45, 7) is 4.56. The highest BCUT2D eigenvalue weighted by atomic mass is 32.2. The van der Waals surface area contributed by atoms with Crippen molar-refractivity contribution >= 4 is 27.8 Å². The summed E-state index contributed by atoms with van der Waals surface area (Å²) in [7, 11) is -0.903. The minimum atomic E-state index is -0.956. The summed E-state index contributed by atoms with van der Waals surface area (Å²) in [5, 5.41) is 9.05. The molecular formula is C14H18N2O3S. The molecule has 0 aliphatic carbocycles. The van der Waals surface area contributed by atoms with Gasteiger partial charge < -0.3 is 9.67 Å². The molecule has 0 aliphatic rings. The fourth-order valence-electron chi connectivity index (χ4n) is 2.15. The van der Waals surface area contributed by atoms with Crippen molar-refractivity contribution < 1.29 is 14.1 Å². The Morgan fingerprint density at radius 2 is 2.20 bits per heavy atom. The maximum Gasteiger partial charge on any atom is 0.335 e. The number of carbonyl (C=O) groups is 1. The highest BCUT2D eigenvalue weighted by Crippen LogP contribution is 2.20. The van der Waals surface area contributed by atoms with Gasteiger partial charge in [0, 0.05) is 35.3 Å². The second-order valence-electron chi connectivity index (χ2n) is 4.81. The summed E-state index contributed by atoms with van der Waals surface area (Å²) in [4.78, 5) is 15.5. The summed E-state index contributed by atoms with van der Waals surface area (Å²) < 4.78 is 13.6. The van der Waals surface area contributed by atoms with E-state index in [-0.39, 0.29) is 10.8 Å². The molecule has 2 atom stereocenters. The molecule has 0 amide bonds. The zero-order chi connectivity index (χ0) is 14.9. The highest BCUT2D eigenvalue weighted by molar-refractivity contribution is 7.84. The molecule has 5 nitrogen and oxygen atoms in total. The highest BCUT2D eigenvalue weighted by Gasteiger charge is 2.15. The van der Waals surface area contributed by atoms with Crippen molar-refractivity contribution in [3.8, 4) is 0 Å². The zero-order valence-corrected chi connectivity index (χ0v) is 12.6. The minimum absolute atomic E-state index is 0.0249. The Hall–Kier alpha value is -1.69. The average molecular weight is 294 g/mol. The summed E-state index contributed by atoms with van der Waals surface area (Å²) in [6.07, 6.45) is 2.44. The summed E-state index contributed by atoms with van der Waals surface area (Å²) >= 11 is 0. The van der Waals surface area contributed by atoms with Gasteiger partial charge in [-0.2, -0.15) is 0 Å². The van der Waals surface area contributed by atoms with E-state index in [4.69, 9.17) is 5.11 Å². The third-order valence-corrected chi connectivity index (χ3v) is 4.68. The molecule has 1 heterocycles. The second kappa shape index (κ2) is 5.75. The first-order valence-electron chi connectivity index (χ1n) is 6.48. The van der Waals surface area contributed by atoms with Gasteiger partial charge in [0.1, 0.15) is 5.82 Å². The number of benzene rings is 1. The molecule has 6 heteroatoms. The Bertz CT molecular complexity index is 678. The van der Waals surface area contributed by atoms with E-state index in [0.29, 0.717) is 12.1 Å². The molecule has 2 aromatic rings. The van der Waals surface area contributed by atoms with E-state index in [1.54, 1.807) is 24.5 Å². The van der Waals surface area contributed by atoms with Crippen LogP contribution in [0.25, 0.3) is 11.0 Å². The van der Waals surface area contributed by atoms with Gasteiger partial charge in [0.05, 0.1) is 16.6 Å². The zero-order valence-electron chi connectivity index (χ0n) is 11.8. The lowest BCUT2D eigenvalue weighted by Crippen LogP contribution is -2.18. The third kappa shape index (κ3) is 2.75. The maximum absolute atomic E-state index is 11.5. The van der Waals surface area contributed by atoms with Gasteiger partial charge in [-0.3, -0.25) is 4.21 Å². The Labute approximate surface area is 120 Å². The fraction of sp³-hybridized carbons (Fsp3) is 0.429. The van der Waals surface area contributed by atoms with Crippen LogP contribution in [0.4, 0.5) is 0 Å². The minimum Gasteiger partial charge on any atom is -0.478 e. The Balaban J connectivity index is 2.52. The fourth-order valence-corrected chi connectivity index (χ4v) is 2.51. The molecule has 1 N–H and O–H groups in total. The number of hydrogen-bond acceptors (Lipinski definition) is 3. The van der Waals surface area contributed by atoms with Crippen LogP contribution in [0.5, 0.6) is 0 Å².